The van der Waals surface area contributed by atoms with Gasteiger partial charge in [-0.05, 0) is 29.2 Å². The largest absolute Gasteiger partial charge is 0.480 e. The van der Waals surface area contributed by atoms with Gasteiger partial charge in [0.15, 0.2) is 0 Å². The third kappa shape index (κ3) is 3.99. The Morgan fingerprint density at radius 1 is 1.13 bits per heavy atom. The van der Waals surface area contributed by atoms with E-state index >= 15 is 0 Å². The summed E-state index contributed by atoms with van der Waals surface area (Å²) in [5, 5.41) is 15.9. The summed E-state index contributed by atoms with van der Waals surface area (Å²) in [6.07, 6.45) is 2.55. The Morgan fingerprint density at radius 2 is 1.87 bits per heavy atom. The number of fused-ring (bicyclic) bond motifs is 1. The van der Waals surface area contributed by atoms with Gasteiger partial charge in [0.2, 0.25) is 0 Å². The molecule has 2 aromatic rings. The number of hydrogen-bond acceptors (Lipinski definition) is 3. The summed E-state index contributed by atoms with van der Waals surface area (Å²) in [4.78, 5) is 11.5. The first-order chi connectivity index (χ1) is 11.2. The molecule has 4 heteroatoms. The van der Waals surface area contributed by atoms with Gasteiger partial charge in [-0.25, -0.2) is 0 Å². The van der Waals surface area contributed by atoms with Crippen molar-refractivity contribution in [2.24, 2.45) is 0 Å². The quantitative estimate of drug-likeness (QED) is 0.767. The van der Waals surface area contributed by atoms with Gasteiger partial charge in [-0.2, -0.15) is 0 Å². The van der Waals surface area contributed by atoms with Gasteiger partial charge in [-0.15, -0.1) is 0 Å². The first kappa shape index (κ1) is 15.3. The van der Waals surface area contributed by atoms with E-state index in [9.17, 15) is 9.90 Å². The molecule has 0 unspecified atom stereocenters. The van der Waals surface area contributed by atoms with Gasteiger partial charge in [-0.3, -0.25) is 10.1 Å². The van der Waals surface area contributed by atoms with Crippen LogP contribution in [0.4, 0.5) is 0 Å². The molecule has 0 fully saturated rings. The van der Waals surface area contributed by atoms with E-state index in [2.05, 4.69) is 28.8 Å². The standard InChI is InChI=1S/C19H20N2O2/c22-19(23)18(10-14-6-2-1-3-7-14)21-13-17-11-15-8-4-5-9-16(15)12-20-17/h1-9,11,18,20-21H,10,12-13H2,(H,22,23)/t18-/m0/s1. The first-order valence-electron chi connectivity index (χ1n) is 7.75. The number of hydrogen-bond donors (Lipinski definition) is 3. The van der Waals surface area contributed by atoms with Crippen LogP contribution in [0.25, 0.3) is 6.08 Å². The van der Waals surface area contributed by atoms with E-state index in [1.54, 1.807) is 0 Å². The maximum atomic E-state index is 11.5. The molecule has 23 heavy (non-hydrogen) atoms. The van der Waals surface area contributed by atoms with Crippen LogP contribution in [0.5, 0.6) is 0 Å². The fraction of sp³-hybridized carbons (Fsp3) is 0.211. The predicted octanol–water partition coefficient (Wildman–Crippen LogP) is 2.42. The number of carbonyl (C=O) groups is 1. The Kier molecular flexibility index (Phi) is 4.74. The summed E-state index contributed by atoms with van der Waals surface area (Å²) in [6.45, 7) is 1.29. The van der Waals surface area contributed by atoms with Crippen LogP contribution in [0.1, 0.15) is 16.7 Å². The molecule has 4 nitrogen and oxygen atoms in total. The van der Waals surface area contributed by atoms with E-state index in [0.717, 1.165) is 17.8 Å². The second kappa shape index (κ2) is 7.11. The molecule has 1 aliphatic heterocycles. The van der Waals surface area contributed by atoms with Gasteiger partial charge >= 0.3 is 5.97 Å². The lowest BCUT2D eigenvalue weighted by Gasteiger charge is -2.21. The average molecular weight is 308 g/mol. The number of benzene rings is 2. The van der Waals surface area contributed by atoms with Gasteiger partial charge in [0, 0.05) is 18.8 Å². The van der Waals surface area contributed by atoms with E-state index in [-0.39, 0.29) is 0 Å². The molecule has 2 aromatic carbocycles. The molecule has 0 spiro atoms. The number of carboxylic acids is 1. The van der Waals surface area contributed by atoms with Crippen LogP contribution in [0.2, 0.25) is 0 Å². The van der Waals surface area contributed by atoms with Gasteiger partial charge in [0.1, 0.15) is 6.04 Å². The Morgan fingerprint density at radius 3 is 2.65 bits per heavy atom. The van der Waals surface area contributed by atoms with Crippen molar-refractivity contribution < 1.29 is 9.90 Å². The molecule has 1 heterocycles. The molecule has 0 saturated carbocycles. The van der Waals surface area contributed by atoms with Gasteiger partial charge in [0.25, 0.3) is 0 Å². The van der Waals surface area contributed by atoms with E-state index in [1.807, 2.05) is 42.5 Å². The second-order valence-corrected chi connectivity index (χ2v) is 5.68. The Labute approximate surface area is 135 Å². The van der Waals surface area contributed by atoms with Gasteiger partial charge in [0.05, 0.1) is 0 Å². The Bertz CT molecular complexity index is 710. The maximum Gasteiger partial charge on any atom is 0.321 e. The van der Waals surface area contributed by atoms with Crippen LogP contribution in [-0.4, -0.2) is 23.7 Å². The SMILES string of the molecule is O=C(O)[C@H](Cc1ccccc1)NCC1=Cc2ccccc2CN1. The highest BCUT2D eigenvalue weighted by Crippen LogP contribution is 2.17. The summed E-state index contributed by atoms with van der Waals surface area (Å²) >= 11 is 0. The highest BCUT2D eigenvalue weighted by molar-refractivity contribution is 5.74. The lowest BCUT2D eigenvalue weighted by atomic mass is 10.0. The van der Waals surface area contributed by atoms with Gasteiger partial charge in [-0.1, -0.05) is 54.6 Å². The zero-order valence-corrected chi connectivity index (χ0v) is 12.8. The lowest BCUT2D eigenvalue weighted by molar-refractivity contribution is -0.139. The molecular formula is C19H20N2O2. The van der Waals surface area contributed by atoms with E-state index in [0.29, 0.717) is 13.0 Å². The van der Waals surface area contributed by atoms with E-state index in [4.69, 9.17) is 0 Å². The van der Waals surface area contributed by atoms with Crippen LogP contribution in [0.3, 0.4) is 0 Å². The summed E-state index contributed by atoms with van der Waals surface area (Å²) in [5.74, 6) is -0.828. The van der Waals surface area contributed by atoms with E-state index < -0.39 is 12.0 Å². The highest BCUT2D eigenvalue weighted by atomic mass is 16.4. The van der Waals surface area contributed by atoms with Crippen molar-refractivity contribution in [1.82, 2.24) is 10.6 Å². The molecule has 0 radical (unpaired) electrons. The molecular weight excluding hydrogens is 288 g/mol. The fourth-order valence-corrected chi connectivity index (χ4v) is 2.73. The molecule has 0 bridgehead atoms. The molecule has 3 rings (SSSR count). The minimum atomic E-state index is -0.828. The minimum Gasteiger partial charge on any atom is -0.480 e. The van der Waals surface area contributed by atoms with Crippen LogP contribution >= 0.6 is 0 Å². The van der Waals surface area contributed by atoms with Crippen molar-refractivity contribution in [3.05, 3.63) is 77.0 Å². The Hall–Kier alpha value is -2.59. The number of aliphatic carboxylic acids is 1. The number of nitrogens with one attached hydrogen (secondary N) is 2. The molecule has 118 valence electrons. The van der Waals surface area contributed by atoms with Crippen LogP contribution < -0.4 is 10.6 Å². The molecule has 0 aromatic heterocycles. The summed E-state index contributed by atoms with van der Waals surface area (Å²) in [5.41, 5.74) is 4.49. The summed E-state index contributed by atoms with van der Waals surface area (Å²) in [6, 6.07) is 17.3. The molecule has 0 aliphatic carbocycles. The average Bonchev–Trinajstić information content (AvgIpc) is 2.59. The van der Waals surface area contributed by atoms with Gasteiger partial charge < -0.3 is 10.4 Å². The third-order valence-electron chi connectivity index (χ3n) is 4.01. The fourth-order valence-electron chi connectivity index (χ4n) is 2.73. The topological polar surface area (TPSA) is 61.4 Å². The van der Waals surface area contributed by atoms with E-state index in [1.165, 1.54) is 11.1 Å². The maximum absolute atomic E-state index is 11.5. The number of carboxylic acid groups (broad SMARTS) is 1. The molecule has 0 amide bonds. The molecule has 1 aliphatic rings. The Balaban J connectivity index is 1.64. The van der Waals surface area contributed by atoms with Crippen molar-refractivity contribution in [2.45, 2.75) is 19.0 Å². The minimum absolute atomic E-state index is 0.472. The molecule has 3 N–H and O–H groups in total. The van der Waals surface area contributed by atoms with Crippen LogP contribution in [0.15, 0.2) is 60.3 Å². The smallest absolute Gasteiger partial charge is 0.321 e. The molecule has 0 saturated heterocycles. The van der Waals surface area contributed by atoms with Crippen LogP contribution in [-0.2, 0) is 17.8 Å². The monoisotopic (exact) mass is 308 g/mol. The highest BCUT2D eigenvalue weighted by Gasteiger charge is 2.18. The van der Waals surface area contributed by atoms with Crippen molar-refractivity contribution >= 4 is 12.0 Å². The zero-order valence-electron chi connectivity index (χ0n) is 12.8. The predicted molar refractivity (Wildman–Crippen MR) is 90.8 cm³/mol. The third-order valence-corrected chi connectivity index (χ3v) is 4.01. The number of rotatable bonds is 6. The summed E-state index contributed by atoms with van der Waals surface area (Å²) in [7, 11) is 0. The van der Waals surface area contributed by atoms with Crippen molar-refractivity contribution in [2.75, 3.05) is 6.54 Å². The lowest BCUT2D eigenvalue weighted by Crippen LogP contribution is -2.41. The summed E-state index contributed by atoms with van der Waals surface area (Å²) < 4.78 is 0. The molecule has 1 atom stereocenters. The van der Waals surface area contributed by atoms with Crippen molar-refractivity contribution in [1.29, 1.82) is 0 Å². The van der Waals surface area contributed by atoms with Crippen molar-refractivity contribution in [3.63, 3.8) is 0 Å². The first-order valence-corrected chi connectivity index (χ1v) is 7.75. The van der Waals surface area contributed by atoms with Crippen molar-refractivity contribution in [3.8, 4) is 0 Å². The zero-order chi connectivity index (χ0) is 16.1. The second-order valence-electron chi connectivity index (χ2n) is 5.68. The van der Waals surface area contributed by atoms with Crippen LogP contribution in [0, 0.1) is 0 Å². The normalized spacial score (nSPS) is 14.3.